The number of hydrogen-bond donors (Lipinski definition) is 14. The SMILES string of the molecule is OCC1O[C@@H](Oc2cc3c(O[C@@H]4OC(CO)[C@@H](O)[C@H](O)C4O)cc(O)cc3[o+]c2-c2ccc(O)c(O)c2)C(O[C@@H]2OC(CO)[C@@H](O)C(O)[C@H]2O)C(O)[C@@H]1O. The first-order valence-corrected chi connectivity index (χ1v) is 16.6. The molecule has 3 aromatic rings. The van der Waals surface area contributed by atoms with Gasteiger partial charge in [0.15, 0.2) is 23.9 Å². The Morgan fingerprint density at radius 3 is 1.67 bits per heavy atom. The zero-order chi connectivity index (χ0) is 39.2. The van der Waals surface area contributed by atoms with Gasteiger partial charge in [0.05, 0.1) is 31.5 Å². The summed E-state index contributed by atoms with van der Waals surface area (Å²) in [5.41, 5.74) is -0.115. The van der Waals surface area contributed by atoms with Crippen molar-refractivity contribution in [3.8, 4) is 40.1 Å². The molecule has 3 aliphatic heterocycles. The number of ether oxygens (including phenoxy) is 6. The molecular formula is C33H41O21+. The van der Waals surface area contributed by atoms with Crippen LogP contribution in [0.2, 0.25) is 0 Å². The van der Waals surface area contributed by atoms with Crippen LogP contribution >= 0.6 is 0 Å². The van der Waals surface area contributed by atoms with E-state index in [4.69, 9.17) is 32.8 Å². The van der Waals surface area contributed by atoms with Gasteiger partial charge < -0.3 is 99.9 Å². The number of aromatic hydroxyl groups is 3. The largest absolute Gasteiger partial charge is 0.507 e. The summed E-state index contributed by atoms with van der Waals surface area (Å²) >= 11 is 0. The molecule has 298 valence electrons. The van der Waals surface area contributed by atoms with Crippen molar-refractivity contribution in [2.45, 2.75) is 92.1 Å². The van der Waals surface area contributed by atoms with Gasteiger partial charge in [-0.05, 0) is 12.1 Å². The minimum Gasteiger partial charge on any atom is -0.507 e. The highest BCUT2D eigenvalue weighted by molar-refractivity contribution is 5.89. The molecule has 2 aromatic carbocycles. The lowest BCUT2D eigenvalue weighted by Gasteiger charge is -2.45. The fraction of sp³-hybridized carbons (Fsp3) is 0.545. The quantitative estimate of drug-likeness (QED) is 0.0684. The molecule has 15 atom stereocenters. The standard InChI is InChI=1S/C33H40O21/c34-7-18-21(40)24(43)27(46)31(51-18)49-16-5-11(37)4-15-12(16)6-17(29(48-15)10-1-2-13(38)14(39)3-10)50-33-30(26(45)23(42)20(9-36)53-33)54-32-28(47)25(44)22(41)19(8-35)52-32/h1-6,18-28,30-36,40-47H,7-9H2,(H2-,37,38,39)/p+1/t18?,19?,20?,21-,22-,23-,24+,25?,26?,27?,28-,30?,31-,32+,33-/m1/s1. The summed E-state index contributed by atoms with van der Waals surface area (Å²) in [6.45, 7) is -2.46. The molecule has 0 bridgehead atoms. The molecule has 4 heterocycles. The monoisotopic (exact) mass is 773 g/mol. The summed E-state index contributed by atoms with van der Waals surface area (Å²) < 4.78 is 40.4. The Morgan fingerprint density at radius 1 is 0.537 bits per heavy atom. The molecule has 21 heteroatoms. The number of fused-ring (bicyclic) bond motifs is 1. The van der Waals surface area contributed by atoms with Crippen molar-refractivity contribution in [2.75, 3.05) is 19.8 Å². The smallest absolute Gasteiger partial charge is 0.402 e. The molecule has 3 aliphatic rings. The van der Waals surface area contributed by atoms with Crippen LogP contribution in [0.25, 0.3) is 22.3 Å². The highest BCUT2D eigenvalue weighted by Gasteiger charge is 2.52. The minimum atomic E-state index is -1.97. The van der Waals surface area contributed by atoms with E-state index in [1.807, 2.05) is 0 Å². The number of phenols is 3. The van der Waals surface area contributed by atoms with Crippen LogP contribution in [0.5, 0.6) is 28.7 Å². The molecular weight excluding hydrogens is 732 g/mol. The first kappa shape index (κ1) is 39.9. The maximum atomic E-state index is 11.2. The molecule has 0 spiro atoms. The maximum Gasteiger partial charge on any atom is 0.402 e. The number of hydrogen-bond acceptors (Lipinski definition) is 20. The lowest BCUT2D eigenvalue weighted by Crippen LogP contribution is -2.65. The van der Waals surface area contributed by atoms with Crippen LogP contribution in [-0.2, 0) is 18.9 Å². The maximum absolute atomic E-state index is 11.2. The van der Waals surface area contributed by atoms with Crippen LogP contribution in [-0.4, -0.2) is 183 Å². The summed E-state index contributed by atoms with van der Waals surface area (Å²) in [5, 5.41) is 144. The zero-order valence-electron chi connectivity index (χ0n) is 27.9. The van der Waals surface area contributed by atoms with Gasteiger partial charge in [-0.3, -0.25) is 0 Å². The second-order valence-electron chi connectivity index (χ2n) is 12.9. The number of aliphatic hydroxyl groups excluding tert-OH is 11. The number of aliphatic hydroxyl groups is 11. The van der Waals surface area contributed by atoms with E-state index in [-0.39, 0.29) is 33.8 Å². The Morgan fingerprint density at radius 2 is 1.07 bits per heavy atom. The van der Waals surface area contributed by atoms with E-state index in [2.05, 4.69) is 0 Å². The lowest BCUT2D eigenvalue weighted by atomic mass is 9.97. The number of benzene rings is 2. The second-order valence-corrected chi connectivity index (χ2v) is 12.9. The van der Waals surface area contributed by atoms with Gasteiger partial charge in [-0.25, -0.2) is 4.42 Å². The van der Waals surface area contributed by atoms with Crippen LogP contribution in [0.1, 0.15) is 0 Å². The first-order chi connectivity index (χ1) is 25.7. The normalized spacial score (nSPS) is 37.3. The van der Waals surface area contributed by atoms with Gasteiger partial charge >= 0.3 is 11.3 Å². The molecule has 0 radical (unpaired) electrons. The average molecular weight is 774 g/mol. The Hall–Kier alpha value is -3.75. The van der Waals surface area contributed by atoms with Gasteiger partial charge in [0, 0.05) is 18.2 Å². The van der Waals surface area contributed by atoms with Crippen molar-refractivity contribution < 1.29 is 104 Å². The van der Waals surface area contributed by atoms with E-state index in [0.717, 1.165) is 24.3 Å². The zero-order valence-corrected chi connectivity index (χ0v) is 27.9. The van der Waals surface area contributed by atoms with Crippen LogP contribution in [0.15, 0.2) is 40.8 Å². The lowest BCUT2D eigenvalue weighted by molar-refractivity contribution is -0.357. The molecule has 1 aromatic heterocycles. The Bertz CT molecular complexity index is 1760. The van der Waals surface area contributed by atoms with Crippen LogP contribution in [0.3, 0.4) is 0 Å². The van der Waals surface area contributed by atoms with E-state index in [9.17, 15) is 71.5 Å². The van der Waals surface area contributed by atoms with E-state index >= 15 is 0 Å². The van der Waals surface area contributed by atoms with Crippen molar-refractivity contribution in [3.05, 3.63) is 36.4 Å². The van der Waals surface area contributed by atoms with Gasteiger partial charge in [0.25, 0.3) is 0 Å². The third-order valence-corrected chi connectivity index (χ3v) is 9.34. The Kier molecular flexibility index (Phi) is 11.9. The van der Waals surface area contributed by atoms with E-state index in [0.29, 0.717) is 0 Å². The van der Waals surface area contributed by atoms with Gasteiger partial charge in [-0.15, -0.1) is 0 Å². The van der Waals surface area contributed by atoms with E-state index < -0.39 is 129 Å². The molecule has 54 heavy (non-hydrogen) atoms. The summed E-state index contributed by atoms with van der Waals surface area (Å²) in [5.74, 6) is -2.45. The molecule has 6 rings (SSSR count). The summed E-state index contributed by atoms with van der Waals surface area (Å²) in [6, 6.07) is 6.87. The summed E-state index contributed by atoms with van der Waals surface area (Å²) in [4.78, 5) is 0. The van der Waals surface area contributed by atoms with Gasteiger partial charge in [0.1, 0.15) is 84.0 Å². The van der Waals surface area contributed by atoms with Gasteiger partial charge in [-0.1, -0.05) is 0 Å². The number of phenolic OH excluding ortho intramolecular Hbond substituents is 3. The van der Waals surface area contributed by atoms with Gasteiger partial charge in [-0.2, -0.15) is 0 Å². The molecule has 21 nitrogen and oxygen atoms in total. The third kappa shape index (κ3) is 7.58. The Balaban J connectivity index is 1.44. The summed E-state index contributed by atoms with van der Waals surface area (Å²) in [7, 11) is 0. The second kappa shape index (κ2) is 16.2. The predicted octanol–water partition coefficient (Wildman–Crippen LogP) is -4.32. The molecule has 0 aliphatic carbocycles. The summed E-state index contributed by atoms with van der Waals surface area (Å²) in [6.07, 6.45) is -26.5. The van der Waals surface area contributed by atoms with Crippen molar-refractivity contribution >= 4 is 11.0 Å². The minimum absolute atomic E-state index is 0.0310. The van der Waals surface area contributed by atoms with Crippen LogP contribution in [0.4, 0.5) is 0 Å². The molecule has 3 fully saturated rings. The van der Waals surface area contributed by atoms with E-state index in [1.54, 1.807) is 0 Å². The van der Waals surface area contributed by atoms with Crippen LogP contribution < -0.4 is 9.47 Å². The van der Waals surface area contributed by atoms with Crippen molar-refractivity contribution in [1.82, 2.24) is 0 Å². The van der Waals surface area contributed by atoms with E-state index in [1.165, 1.54) is 12.1 Å². The van der Waals surface area contributed by atoms with Crippen LogP contribution in [0, 0.1) is 0 Å². The topological polar surface area (TPSA) is 350 Å². The van der Waals surface area contributed by atoms with Crippen molar-refractivity contribution in [1.29, 1.82) is 0 Å². The van der Waals surface area contributed by atoms with Crippen molar-refractivity contribution in [2.24, 2.45) is 0 Å². The molecule has 3 saturated heterocycles. The third-order valence-electron chi connectivity index (χ3n) is 9.34. The molecule has 14 N–H and O–H groups in total. The molecule has 7 unspecified atom stereocenters. The van der Waals surface area contributed by atoms with Gasteiger partial charge in [0.2, 0.25) is 18.3 Å². The highest BCUT2D eigenvalue weighted by atomic mass is 16.8. The Labute approximate surface area is 303 Å². The van der Waals surface area contributed by atoms with Crippen molar-refractivity contribution in [3.63, 3.8) is 0 Å². The highest BCUT2D eigenvalue weighted by Crippen LogP contribution is 2.43. The molecule has 0 amide bonds. The average Bonchev–Trinajstić information content (AvgIpc) is 3.15. The number of rotatable bonds is 10. The fourth-order valence-corrected chi connectivity index (χ4v) is 6.27. The predicted molar refractivity (Wildman–Crippen MR) is 172 cm³/mol. The first-order valence-electron chi connectivity index (χ1n) is 16.6. The molecule has 0 saturated carbocycles. The fourth-order valence-electron chi connectivity index (χ4n) is 6.27.